The van der Waals surface area contributed by atoms with Crippen LogP contribution in [0.25, 0.3) is 17.4 Å². The van der Waals surface area contributed by atoms with Crippen LogP contribution in [0, 0.1) is 21.4 Å². The van der Waals surface area contributed by atoms with Crippen molar-refractivity contribution in [1.29, 1.82) is 5.26 Å². The minimum atomic E-state index is -0.754. The number of rotatable bonds is 5. The highest BCUT2D eigenvalue weighted by molar-refractivity contribution is 5.97. The van der Waals surface area contributed by atoms with Gasteiger partial charge in [-0.05, 0) is 32.0 Å². The van der Waals surface area contributed by atoms with Crippen molar-refractivity contribution >= 4 is 17.7 Å². The highest BCUT2D eigenvalue weighted by Gasteiger charge is 2.18. The number of para-hydroxylation sites is 1. The SMILES string of the molecule is CC(C)OC(=O)/C(C#N)=C/c1ccc(-c2ccccc2[N+](=O)[O-])o1. The molecule has 0 saturated heterocycles. The fourth-order valence-electron chi connectivity index (χ4n) is 1.97. The Morgan fingerprint density at radius 2 is 2.04 bits per heavy atom. The zero-order valence-corrected chi connectivity index (χ0v) is 13.1. The van der Waals surface area contributed by atoms with Gasteiger partial charge in [-0.1, -0.05) is 12.1 Å². The van der Waals surface area contributed by atoms with Gasteiger partial charge in [-0.15, -0.1) is 0 Å². The number of benzene rings is 1. The second-order valence-corrected chi connectivity index (χ2v) is 5.10. The highest BCUT2D eigenvalue weighted by Crippen LogP contribution is 2.31. The lowest BCUT2D eigenvalue weighted by atomic mass is 10.1. The quantitative estimate of drug-likeness (QED) is 0.272. The number of nitrogens with zero attached hydrogens (tertiary/aromatic N) is 2. The van der Waals surface area contributed by atoms with E-state index in [2.05, 4.69) is 0 Å². The van der Waals surface area contributed by atoms with Gasteiger partial charge in [-0.2, -0.15) is 5.26 Å². The van der Waals surface area contributed by atoms with Gasteiger partial charge in [0.25, 0.3) is 5.69 Å². The minimum absolute atomic E-state index is 0.0953. The predicted octanol–water partition coefficient (Wildman–Crippen LogP) is 3.71. The standard InChI is InChI=1S/C17H14N2O5/c1-11(2)23-17(20)12(10-18)9-13-7-8-16(24-13)14-5-3-4-6-15(14)19(21)22/h3-9,11H,1-2H3/b12-9+. The summed E-state index contributed by atoms with van der Waals surface area (Å²) in [4.78, 5) is 22.3. The van der Waals surface area contributed by atoms with Crippen LogP contribution in [0.3, 0.4) is 0 Å². The number of carbonyl (C=O) groups excluding carboxylic acids is 1. The van der Waals surface area contributed by atoms with E-state index in [9.17, 15) is 14.9 Å². The van der Waals surface area contributed by atoms with Crippen LogP contribution >= 0.6 is 0 Å². The summed E-state index contributed by atoms with van der Waals surface area (Å²) in [6.07, 6.45) is 0.886. The molecule has 0 aliphatic heterocycles. The van der Waals surface area contributed by atoms with Crippen molar-refractivity contribution in [1.82, 2.24) is 0 Å². The van der Waals surface area contributed by atoms with E-state index in [1.807, 2.05) is 0 Å². The van der Waals surface area contributed by atoms with Gasteiger partial charge in [0, 0.05) is 12.1 Å². The Morgan fingerprint density at radius 1 is 1.33 bits per heavy atom. The maximum absolute atomic E-state index is 11.8. The van der Waals surface area contributed by atoms with Gasteiger partial charge >= 0.3 is 5.97 Å². The van der Waals surface area contributed by atoms with E-state index in [1.165, 1.54) is 24.3 Å². The van der Waals surface area contributed by atoms with Crippen LogP contribution in [0.15, 0.2) is 46.4 Å². The van der Waals surface area contributed by atoms with Gasteiger partial charge in [-0.25, -0.2) is 4.79 Å². The molecule has 0 N–H and O–H groups in total. The average Bonchev–Trinajstić information content (AvgIpc) is 3.00. The zero-order valence-electron chi connectivity index (χ0n) is 13.1. The number of carbonyl (C=O) groups is 1. The van der Waals surface area contributed by atoms with Crippen molar-refractivity contribution in [3.8, 4) is 17.4 Å². The van der Waals surface area contributed by atoms with Crippen LogP contribution in [-0.4, -0.2) is 17.0 Å². The first-order valence-corrected chi connectivity index (χ1v) is 7.08. The monoisotopic (exact) mass is 326 g/mol. The molecule has 0 fully saturated rings. The first kappa shape index (κ1) is 17.0. The van der Waals surface area contributed by atoms with Gasteiger partial charge in [-0.3, -0.25) is 10.1 Å². The number of hydrogen-bond acceptors (Lipinski definition) is 6. The van der Waals surface area contributed by atoms with Crippen molar-refractivity contribution < 1.29 is 18.9 Å². The third kappa shape index (κ3) is 3.87. The molecule has 1 heterocycles. The van der Waals surface area contributed by atoms with Gasteiger partial charge < -0.3 is 9.15 Å². The predicted molar refractivity (Wildman–Crippen MR) is 85.6 cm³/mol. The lowest BCUT2D eigenvalue weighted by molar-refractivity contribution is -0.384. The summed E-state index contributed by atoms with van der Waals surface area (Å²) in [5, 5.41) is 20.1. The van der Waals surface area contributed by atoms with Crippen LogP contribution in [-0.2, 0) is 9.53 Å². The number of furan rings is 1. The molecule has 0 aliphatic rings. The first-order chi connectivity index (χ1) is 11.4. The molecule has 24 heavy (non-hydrogen) atoms. The zero-order chi connectivity index (χ0) is 17.7. The van der Waals surface area contributed by atoms with E-state index >= 15 is 0 Å². The summed E-state index contributed by atoms with van der Waals surface area (Å²) >= 11 is 0. The van der Waals surface area contributed by atoms with Crippen molar-refractivity contribution in [3.63, 3.8) is 0 Å². The smallest absolute Gasteiger partial charge is 0.349 e. The fraction of sp³-hybridized carbons (Fsp3) is 0.176. The van der Waals surface area contributed by atoms with Crippen molar-refractivity contribution in [2.24, 2.45) is 0 Å². The Bertz CT molecular complexity index is 843. The van der Waals surface area contributed by atoms with E-state index in [0.29, 0.717) is 5.56 Å². The highest BCUT2D eigenvalue weighted by atomic mass is 16.6. The molecule has 122 valence electrons. The molecule has 0 aliphatic carbocycles. The van der Waals surface area contributed by atoms with E-state index in [4.69, 9.17) is 14.4 Å². The third-order valence-corrected chi connectivity index (χ3v) is 2.96. The molecule has 0 unspecified atom stereocenters. The molecule has 0 spiro atoms. The Kier molecular flexibility index (Phi) is 5.12. The van der Waals surface area contributed by atoms with Crippen LogP contribution in [0.1, 0.15) is 19.6 Å². The maximum atomic E-state index is 11.8. The molecule has 2 rings (SSSR count). The van der Waals surface area contributed by atoms with E-state index in [-0.39, 0.29) is 28.9 Å². The van der Waals surface area contributed by atoms with Gasteiger partial charge in [0.1, 0.15) is 23.2 Å². The molecule has 7 heteroatoms. The minimum Gasteiger partial charge on any atom is -0.459 e. The lowest BCUT2D eigenvalue weighted by Crippen LogP contribution is -2.12. The van der Waals surface area contributed by atoms with Crippen LogP contribution < -0.4 is 0 Å². The number of nitriles is 1. The van der Waals surface area contributed by atoms with Crippen LogP contribution in [0.4, 0.5) is 5.69 Å². The Morgan fingerprint density at radius 3 is 2.67 bits per heavy atom. The first-order valence-electron chi connectivity index (χ1n) is 7.08. The molecule has 0 amide bonds. The maximum Gasteiger partial charge on any atom is 0.349 e. The summed E-state index contributed by atoms with van der Waals surface area (Å²) in [6, 6.07) is 10.9. The molecule has 7 nitrogen and oxygen atoms in total. The summed E-state index contributed by atoms with van der Waals surface area (Å²) in [5.41, 5.74) is -0.000297. The van der Waals surface area contributed by atoms with Gasteiger partial charge in [0.2, 0.25) is 0 Å². The second-order valence-electron chi connectivity index (χ2n) is 5.10. The molecular formula is C17H14N2O5. The number of nitro benzene ring substituents is 1. The normalized spacial score (nSPS) is 11.2. The average molecular weight is 326 g/mol. The topological polar surface area (TPSA) is 106 Å². The number of nitro groups is 1. The number of esters is 1. The van der Waals surface area contributed by atoms with Crippen LogP contribution in [0.2, 0.25) is 0 Å². The number of ether oxygens (including phenoxy) is 1. The molecule has 0 saturated carbocycles. The van der Waals surface area contributed by atoms with E-state index in [1.54, 1.807) is 38.1 Å². The van der Waals surface area contributed by atoms with Crippen molar-refractivity contribution in [2.75, 3.05) is 0 Å². The second kappa shape index (κ2) is 7.24. The fourth-order valence-corrected chi connectivity index (χ4v) is 1.97. The van der Waals surface area contributed by atoms with Crippen molar-refractivity contribution in [2.45, 2.75) is 20.0 Å². The summed E-state index contributed by atoms with van der Waals surface area (Å²) in [6.45, 7) is 3.35. The largest absolute Gasteiger partial charge is 0.459 e. The van der Waals surface area contributed by atoms with Crippen LogP contribution in [0.5, 0.6) is 0 Å². The third-order valence-electron chi connectivity index (χ3n) is 2.96. The van der Waals surface area contributed by atoms with Gasteiger partial charge in [0.15, 0.2) is 0 Å². The Hall–Kier alpha value is -3.40. The molecular weight excluding hydrogens is 312 g/mol. The molecule has 2 aromatic rings. The molecule has 1 aromatic heterocycles. The van der Waals surface area contributed by atoms with E-state index in [0.717, 1.165) is 0 Å². The Balaban J connectivity index is 2.35. The summed E-state index contributed by atoms with van der Waals surface area (Å²) in [7, 11) is 0. The van der Waals surface area contributed by atoms with E-state index < -0.39 is 10.9 Å². The summed E-state index contributed by atoms with van der Waals surface area (Å²) in [5.74, 6) is -0.264. The molecule has 1 aromatic carbocycles. The number of hydrogen-bond donors (Lipinski definition) is 0. The van der Waals surface area contributed by atoms with Crippen molar-refractivity contribution in [3.05, 3.63) is 57.8 Å². The molecule has 0 bridgehead atoms. The Labute approximate surface area is 137 Å². The lowest BCUT2D eigenvalue weighted by Gasteiger charge is -2.05. The van der Waals surface area contributed by atoms with Gasteiger partial charge in [0.05, 0.1) is 16.6 Å². The summed E-state index contributed by atoms with van der Waals surface area (Å²) < 4.78 is 10.5. The molecule has 0 radical (unpaired) electrons. The molecule has 0 atom stereocenters.